The first-order valence-corrected chi connectivity index (χ1v) is 8.84. The fraction of sp³-hybridized carbons (Fsp3) is 0.263. The molecule has 4 heterocycles. The highest BCUT2D eigenvalue weighted by atomic mass is 16.5. The summed E-state index contributed by atoms with van der Waals surface area (Å²) in [6.07, 6.45) is 6.08. The summed E-state index contributed by atoms with van der Waals surface area (Å²) in [7, 11) is 0. The zero-order chi connectivity index (χ0) is 19.8. The zero-order valence-corrected chi connectivity index (χ0v) is 14.8. The van der Waals surface area contributed by atoms with E-state index in [1.54, 1.807) is 23.4 Å². The minimum Gasteiger partial charge on any atom is -0.477 e. The molecule has 0 aliphatic carbocycles. The molecular formula is C19H18N4O5. The smallest absolute Gasteiger partial charge is 0.345 e. The first-order chi connectivity index (χ1) is 13.5. The average Bonchev–Trinajstić information content (AvgIpc) is 3.24. The van der Waals surface area contributed by atoms with Gasteiger partial charge in [-0.25, -0.2) is 9.78 Å². The van der Waals surface area contributed by atoms with Gasteiger partial charge in [0.05, 0.1) is 5.92 Å². The Labute approximate surface area is 159 Å². The lowest BCUT2D eigenvalue weighted by Crippen LogP contribution is -2.41. The second-order valence-electron chi connectivity index (χ2n) is 6.76. The Kier molecular flexibility index (Phi) is 4.34. The average molecular weight is 382 g/mol. The van der Waals surface area contributed by atoms with Gasteiger partial charge in [0, 0.05) is 36.4 Å². The van der Waals surface area contributed by atoms with Crippen molar-refractivity contribution < 1.29 is 24.2 Å². The number of fused-ring (bicyclic) bond motifs is 1. The van der Waals surface area contributed by atoms with Gasteiger partial charge in [0.15, 0.2) is 11.3 Å². The first-order valence-electron chi connectivity index (χ1n) is 8.84. The van der Waals surface area contributed by atoms with Crippen molar-refractivity contribution in [2.45, 2.75) is 12.8 Å². The van der Waals surface area contributed by atoms with Gasteiger partial charge in [-0.05, 0) is 31.1 Å². The third-order valence-corrected chi connectivity index (χ3v) is 4.97. The molecule has 2 aromatic heterocycles. The summed E-state index contributed by atoms with van der Waals surface area (Å²) in [4.78, 5) is 44.7. The van der Waals surface area contributed by atoms with Crippen LogP contribution in [0.1, 0.15) is 18.4 Å². The van der Waals surface area contributed by atoms with E-state index in [2.05, 4.69) is 9.97 Å². The molecule has 1 fully saturated rings. The third-order valence-electron chi connectivity index (χ3n) is 4.97. The SMILES string of the molecule is NC(=O)C1CCCN(C2=C(C(=O)O)C(=O)C(=Cc3c[nH]c4ncccc34)O2)C1. The number of aromatic amines is 1. The number of likely N-dealkylation sites (tertiary alicyclic amines) is 1. The number of nitrogens with one attached hydrogen (secondary N) is 1. The summed E-state index contributed by atoms with van der Waals surface area (Å²) in [5.74, 6) is -3.06. The van der Waals surface area contributed by atoms with Crippen molar-refractivity contribution in [3.05, 3.63) is 47.3 Å². The molecular weight excluding hydrogens is 364 g/mol. The summed E-state index contributed by atoms with van der Waals surface area (Å²) >= 11 is 0. The molecule has 0 aromatic carbocycles. The Bertz CT molecular complexity index is 1050. The largest absolute Gasteiger partial charge is 0.477 e. The Morgan fingerprint density at radius 3 is 3.00 bits per heavy atom. The maximum atomic E-state index is 12.7. The number of carbonyl (C=O) groups excluding carboxylic acids is 2. The van der Waals surface area contributed by atoms with Gasteiger partial charge in [0.25, 0.3) is 0 Å². The monoisotopic (exact) mass is 382 g/mol. The lowest BCUT2D eigenvalue weighted by Gasteiger charge is -2.32. The van der Waals surface area contributed by atoms with Gasteiger partial charge in [-0.15, -0.1) is 0 Å². The number of ketones is 1. The number of rotatable bonds is 4. The van der Waals surface area contributed by atoms with E-state index in [1.807, 2.05) is 6.07 Å². The predicted octanol–water partition coefficient (Wildman–Crippen LogP) is 0.997. The molecule has 2 aliphatic heterocycles. The molecule has 1 unspecified atom stereocenters. The van der Waals surface area contributed by atoms with Gasteiger partial charge >= 0.3 is 5.97 Å². The standard InChI is InChI=1S/C19H18N4O5/c20-16(25)10-3-2-6-23(9-10)18-14(19(26)27)15(24)13(28-18)7-11-8-22-17-12(11)4-1-5-21-17/h1,4-5,7-8,10H,2-3,6,9H2,(H2,20,25)(H,21,22)(H,26,27). The number of allylic oxidation sites excluding steroid dienone is 1. The van der Waals surface area contributed by atoms with Gasteiger partial charge in [-0.1, -0.05) is 0 Å². The lowest BCUT2D eigenvalue weighted by molar-refractivity contribution is -0.134. The highest BCUT2D eigenvalue weighted by molar-refractivity contribution is 6.26. The van der Waals surface area contributed by atoms with E-state index in [0.717, 1.165) is 5.39 Å². The number of aromatic nitrogens is 2. The summed E-state index contributed by atoms with van der Waals surface area (Å²) in [6.45, 7) is 0.701. The number of nitrogens with zero attached hydrogens (tertiary/aromatic N) is 2. The number of pyridine rings is 1. The van der Waals surface area contributed by atoms with Gasteiger partial charge in [-0.2, -0.15) is 0 Å². The van der Waals surface area contributed by atoms with Crippen LogP contribution >= 0.6 is 0 Å². The fourth-order valence-electron chi connectivity index (χ4n) is 3.56. The van der Waals surface area contributed by atoms with Crippen molar-refractivity contribution in [2.24, 2.45) is 11.7 Å². The van der Waals surface area contributed by atoms with Crippen LogP contribution in [0.15, 0.2) is 41.7 Å². The van der Waals surface area contributed by atoms with Crippen LogP contribution in [0.2, 0.25) is 0 Å². The van der Waals surface area contributed by atoms with Crippen molar-refractivity contribution >= 4 is 34.8 Å². The van der Waals surface area contributed by atoms with E-state index in [9.17, 15) is 19.5 Å². The molecule has 9 heteroatoms. The Morgan fingerprint density at radius 1 is 1.43 bits per heavy atom. The van der Waals surface area contributed by atoms with E-state index in [-0.39, 0.29) is 18.2 Å². The number of aliphatic carboxylic acids is 1. The molecule has 9 nitrogen and oxygen atoms in total. The van der Waals surface area contributed by atoms with Crippen LogP contribution in [0.25, 0.3) is 17.1 Å². The number of H-pyrrole nitrogens is 1. The van der Waals surface area contributed by atoms with Crippen LogP contribution in [-0.4, -0.2) is 50.7 Å². The van der Waals surface area contributed by atoms with Crippen LogP contribution in [-0.2, 0) is 19.1 Å². The van der Waals surface area contributed by atoms with Crippen molar-refractivity contribution in [3.63, 3.8) is 0 Å². The minimum atomic E-state index is -1.37. The van der Waals surface area contributed by atoms with E-state index < -0.39 is 29.2 Å². The van der Waals surface area contributed by atoms with E-state index in [4.69, 9.17) is 10.5 Å². The number of hydrogen-bond donors (Lipinski definition) is 3. The number of carbonyl (C=O) groups is 3. The minimum absolute atomic E-state index is 0.0346. The van der Waals surface area contributed by atoms with Crippen LogP contribution in [0.4, 0.5) is 0 Å². The molecule has 144 valence electrons. The predicted molar refractivity (Wildman–Crippen MR) is 98.3 cm³/mol. The number of piperidine rings is 1. The molecule has 0 radical (unpaired) electrons. The second-order valence-corrected chi connectivity index (χ2v) is 6.76. The molecule has 4 rings (SSSR count). The van der Waals surface area contributed by atoms with Gasteiger partial charge in [-0.3, -0.25) is 9.59 Å². The molecule has 28 heavy (non-hydrogen) atoms. The molecule has 0 spiro atoms. The summed E-state index contributed by atoms with van der Waals surface area (Å²) in [5, 5.41) is 10.3. The van der Waals surface area contributed by atoms with Crippen LogP contribution in [0.3, 0.4) is 0 Å². The Morgan fingerprint density at radius 2 is 2.25 bits per heavy atom. The van der Waals surface area contributed by atoms with Crippen molar-refractivity contribution in [1.82, 2.24) is 14.9 Å². The highest BCUT2D eigenvalue weighted by Gasteiger charge is 2.40. The van der Waals surface area contributed by atoms with Gasteiger partial charge in [0.2, 0.25) is 17.6 Å². The van der Waals surface area contributed by atoms with E-state index in [1.165, 1.54) is 6.08 Å². The summed E-state index contributed by atoms with van der Waals surface area (Å²) < 4.78 is 5.69. The van der Waals surface area contributed by atoms with Gasteiger partial charge in [0.1, 0.15) is 5.65 Å². The maximum Gasteiger partial charge on any atom is 0.345 e. The summed E-state index contributed by atoms with van der Waals surface area (Å²) in [6, 6.07) is 3.60. The van der Waals surface area contributed by atoms with E-state index >= 15 is 0 Å². The van der Waals surface area contributed by atoms with Crippen molar-refractivity contribution in [3.8, 4) is 0 Å². The summed E-state index contributed by atoms with van der Waals surface area (Å²) in [5.41, 5.74) is 6.26. The first kappa shape index (κ1) is 17.8. The molecule has 0 bridgehead atoms. The lowest BCUT2D eigenvalue weighted by atomic mass is 9.97. The topological polar surface area (TPSA) is 139 Å². The van der Waals surface area contributed by atoms with Crippen LogP contribution in [0.5, 0.6) is 0 Å². The Hall–Kier alpha value is -3.62. The van der Waals surface area contributed by atoms with Crippen molar-refractivity contribution in [1.29, 1.82) is 0 Å². The van der Waals surface area contributed by atoms with E-state index in [0.29, 0.717) is 30.6 Å². The van der Waals surface area contributed by atoms with Crippen LogP contribution in [0, 0.1) is 5.92 Å². The number of primary amides is 1. The molecule has 0 saturated carbocycles. The van der Waals surface area contributed by atoms with Crippen LogP contribution < -0.4 is 5.73 Å². The highest BCUT2D eigenvalue weighted by Crippen LogP contribution is 2.32. The zero-order valence-electron chi connectivity index (χ0n) is 14.8. The fourth-order valence-corrected chi connectivity index (χ4v) is 3.56. The van der Waals surface area contributed by atoms with Crippen molar-refractivity contribution in [2.75, 3.05) is 13.1 Å². The number of carboxylic acids is 1. The normalized spacial score (nSPS) is 21.4. The quantitative estimate of drug-likeness (QED) is 0.529. The second kappa shape index (κ2) is 6.84. The Balaban J connectivity index is 1.68. The number of ether oxygens (including phenoxy) is 1. The number of Topliss-reactive ketones (excluding diaryl/α,β-unsaturated/α-hetero) is 1. The third kappa shape index (κ3) is 3.00. The molecule has 1 amide bonds. The van der Waals surface area contributed by atoms with Gasteiger partial charge < -0.3 is 25.5 Å². The number of amides is 1. The maximum absolute atomic E-state index is 12.7. The molecule has 1 atom stereocenters. The number of carboxylic acid groups (broad SMARTS) is 1. The molecule has 1 saturated heterocycles. The molecule has 2 aliphatic rings. The number of hydrogen-bond acceptors (Lipinski definition) is 6. The number of nitrogens with two attached hydrogens (primary N) is 1. The molecule has 2 aromatic rings. The molecule has 4 N–H and O–H groups in total.